The molecule has 0 atom stereocenters. The van der Waals surface area contributed by atoms with Crippen LogP contribution in [0.5, 0.6) is 0 Å². The summed E-state index contributed by atoms with van der Waals surface area (Å²) < 4.78 is 7.90. The standard InChI is InChI=1S/C19H16ClN5O3S/c1-25-14-5-2-10(17(27)28-7-6-16(21)26)8-13(14)22-18(25)24-19-23-12-4-3-11(20)9-15(12)29-19/h2-5,8-9H,6-7H2,1H3,(H2,21,26)(H,22,23,24). The normalized spacial score (nSPS) is 11.1. The number of thiazole rings is 1. The summed E-state index contributed by atoms with van der Waals surface area (Å²) in [7, 11) is 1.87. The van der Waals surface area contributed by atoms with E-state index in [1.165, 1.54) is 11.3 Å². The predicted molar refractivity (Wildman–Crippen MR) is 113 cm³/mol. The highest BCUT2D eigenvalue weighted by atomic mass is 35.5. The van der Waals surface area contributed by atoms with Crippen LogP contribution in [0.25, 0.3) is 21.3 Å². The zero-order valence-corrected chi connectivity index (χ0v) is 16.9. The number of nitrogens with one attached hydrogen (secondary N) is 1. The van der Waals surface area contributed by atoms with Crippen LogP contribution in [0.4, 0.5) is 11.1 Å². The van der Waals surface area contributed by atoms with Crippen molar-refractivity contribution in [3.63, 3.8) is 0 Å². The molecule has 0 aliphatic carbocycles. The van der Waals surface area contributed by atoms with Gasteiger partial charge in [0.15, 0.2) is 5.13 Å². The first-order valence-corrected chi connectivity index (χ1v) is 9.85. The van der Waals surface area contributed by atoms with Crippen LogP contribution in [0.15, 0.2) is 36.4 Å². The fourth-order valence-corrected chi connectivity index (χ4v) is 3.95. The van der Waals surface area contributed by atoms with Crippen LogP contribution in [0, 0.1) is 0 Å². The van der Waals surface area contributed by atoms with Gasteiger partial charge in [-0.3, -0.25) is 4.79 Å². The van der Waals surface area contributed by atoms with Crippen molar-refractivity contribution in [1.29, 1.82) is 0 Å². The molecule has 3 N–H and O–H groups in total. The van der Waals surface area contributed by atoms with E-state index in [4.69, 9.17) is 22.1 Å². The van der Waals surface area contributed by atoms with Crippen molar-refractivity contribution in [2.24, 2.45) is 12.8 Å². The van der Waals surface area contributed by atoms with E-state index in [1.807, 2.05) is 23.7 Å². The van der Waals surface area contributed by atoms with Gasteiger partial charge in [0, 0.05) is 12.1 Å². The number of rotatable bonds is 6. The largest absolute Gasteiger partial charge is 0.462 e. The monoisotopic (exact) mass is 429 g/mol. The first-order chi connectivity index (χ1) is 13.9. The molecular formula is C19H16ClN5O3S. The Hall–Kier alpha value is -3.17. The van der Waals surface area contributed by atoms with Gasteiger partial charge in [-0.25, -0.2) is 14.8 Å². The summed E-state index contributed by atoms with van der Waals surface area (Å²) in [6.45, 7) is -0.0527. The molecule has 0 spiro atoms. The van der Waals surface area contributed by atoms with E-state index in [9.17, 15) is 9.59 Å². The molecule has 4 aromatic rings. The Morgan fingerprint density at radius 3 is 2.83 bits per heavy atom. The van der Waals surface area contributed by atoms with Crippen molar-refractivity contribution in [3.05, 3.63) is 47.0 Å². The van der Waals surface area contributed by atoms with Crippen molar-refractivity contribution < 1.29 is 14.3 Å². The Balaban J connectivity index is 1.57. The summed E-state index contributed by atoms with van der Waals surface area (Å²) >= 11 is 7.51. The molecule has 8 nitrogen and oxygen atoms in total. The molecule has 0 saturated heterocycles. The minimum Gasteiger partial charge on any atom is -0.462 e. The second-order valence-electron chi connectivity index (χ2n) is 6.31. The summed E-state index contributed by atoms with van der Waals surface area (Å²) in [6.07, 6.45) is -0.0149. The van der Waals surface area contributed by atoms with Gasteiger partial charge in [-0.05, 0) is 36.4 Å². The lowest BCUT2D eigenvalue weighted by molar-refractivity contribution is -0.118. The molecule has 0 aliphatic rings. The fourth-order valence-electron chi connectivity index (χ4n) is 2.81. The average molecular weight is 430 g/mol. The number of fused-ring (bicyclic) bond motifs is 2. The molecule has 2 aromatic carbocycles. The summed E-state index contributed by atoms with van der Waals surface area (Å²) in [6, 6.07) is 10.6. The summed E-state index contributed by atoms with van der Waals surface area (Å²) in [4.78, 5) is 32.0. The van der Waals surface area contributed by atoms with Gasteiger partial charge in [-0.1, -0.05) is 22.9 Å². The van der Waals surface area contributed by atoms with Crippen LogP contribution in [-0.4, -0.2) is 33.0 Å². The third-order valence-corrected chi connectivity index (χ3v) is 5.44. The van der Waals surface area contributed by atoms with Crippen molar-refractivity contribution in [2.75, 3.05) is 11.9 Å². The zero-order chi connectivity index (χ0) is 20.5. The Morgan fingerprint density at radius 2 is 2.03 bits per heavy atom. The maximum atomic E-state index is 12.1. The number of nitrogens with zero attached hydrogens (tertiary/aromatic N) is 3. The van der Waals surface area contributed by atoms with Crippen molar-refractivity contribution >= 4 is 67.1 Å². The van der Waals surface area contributed by atoms with E-state index >= 15 is 0 Å². The van der Waals surface area contributed by atoms with E-state index in [0.29, 0.717) is 27.2 Å². The number of aryl methyl sites for hydroxylation is 1. The summed E-state index contributed by atoms with van der Waals surface area (Å²) in [5.74, 6) is -0.466. The first-order valence-electron chi connectivity index (χ1n) is 8.66. The van der Waals surface area contributed by atoms with Crippen LogP contribution in [-0.2, 0) is 16.6 Å². The topological polar surface area (TPSA) is 112 Å². The number of carbonyl (C=O) groups excluding carboxylic acids is 2. The number of anilines is 2. The van der Waals surface area contributed by atoms with Crippen molar-refractivity contribution in [1.82, 2.24) is 14.5 Å². The number of hydrogen-bond acceptors (Lipinski definition) is 7. The van der Waals surface area contributed by atoms with E-state index in [1.54, 1.807) is 24.3 Å². The Labute approximate surface area is 174 Å². The number of amides is 1. The maximum absolute atomic E-state index is 12.1. The highest BCUT2D eigenvalue weighted by molar-refractivity contribution is 7.22. The first kappa shape index (κ1) is 19.2. The van der Waals surface area contributed by atoms with Gasteiger partial charge < -0.3 is 20.4 Å². The second-order valence-corrected chi connectivity index (χ2v) is 7.77. The van der Waals surface area contributed by atoms with Gasteiger partial charge in [-0.15, -0.1) is 0 Å². The van der Waals surface area contributed by atoms with Crippen LogP contribution >= 0.6 is 22.9 Å². The molecule has 0 fully saturated rings. The lowest BCUT2D eigenvalue weighted by atomic mass is 10.2. The third kappa shape index (κ3) is 4.01. The van der Waals surface area contributed by atoms with E-state index < -0.39 is 11.9 Å². The summed E-state index contributed by atoms with van der Waals surface area (Å²) in [5.41, 5.74) is 7.71. The smallest absolute Gasteiger partial charge is 0.338 e. The number of ether oxygens (including phenoxy) is 1. The quantitative estimate of drug-likeness (QED) is 0.453. The number of aromatic nitrogens is 3. The molecule has 1 amide bonds. The molecule has 148 valence electrons. The van der Waals surface area contributed by atoms with Crippen LogP contribution in [0.3, 0.4) is 0 Å². The second kappa shape index (κ2) is 7.69. The van der Waals surface area contributed by atoms with Gasteiger partial charge in [-0.2, -0.15) is 0 Å². The number of hydrogen-bond donors (Lipinski definition) is 2. The number of benzene rings is 2. The number of esters is 1. The van der Waals surface area contributed by atoms with E-state index in [2.05, 4.69) is 15.3 Å². The van der Waals surface area contributed by atoms with Crippen molar-refractivity contribution in [3.8, 4) is 0 Å². The van der Waals surface area contributed by atoms with E-state index in [0.717, 1.165) is 15.7 Å². The van der Waals surface area contributed by atoms with Crippen LogP contribution in [0.1, 0.15) is 16.8 Å². The van der Waals surface area contributed by atoms with Gasteiger partial charge >= 0.3 is 5.97 Å². The minimum atomic E-state index is -0.531. The molecule has 0 bridgehead atoms. The number of nitrogens with two attached hydrogens (primary N) is 1. The van der Waals surface area contributed by atoms with Gasteiger partial charge in [0.25, 0.3) is 0 Å². The molecule has 0 unspecified atom stereocenters. The van der Waals surface area contributed by atoms with Gasteiger partial charge in [0.2, 0.25) is 11.9 Å². The third-order valence-electron chi connectivity index (χ3n) is 4.27. The molecule has 29 heavy (non-hydrogen) atoms. The Kier molecular flexibility index (Phi) is 5.08. The fraction of sp³-hybridized carbons (Fsp3) is 0.158. The Morgan fingerprint density at radius 1 is 1.21 bits per heavy atom. The Bertz CT molecular complexity index is 1250. The van der Waals surface area contributed by atoms with Gasteiger partial charge in [0.1, 0.15) is 6.61 Å². The molecular weight excluding hydrogens is 414 g/mol. The van der Waals surface area contributed by atoms with E-state index in [-0.39, 0.29) is 13.0 Å². The lowest BCUT2D eigenvalue weighted by Gasteiger charge is -2.04. The molecule has 2 heterocycles. The van der Waals surface area contributed by atoms with Crippen LogP contribution < -0.4 is 11.1 Å². The molecule has 10 heteroatoms. The van der Waals surface area contributed by atoms with Gasteiger partial charge in [0.05, 0.1) is 33.2 Å². The molecule has 4 rings (SSSR count). The number of primary amides is 1. The maximum Gasteiger partial charge on any atom is 0.338 e. The van der Waals surface area contributed by atoms with Crippen molar-refractivity contribution in [2.45, 2.75) is 6.42 Å². The SMILES string of the molecule is Cn1c(Nc2nc3ccc(Cl)cc3s2)nc2cc(C(=O)OCCC(N)=O)ccc21. The average Bonchev–Trinajstić information content (AvgIpc) is 3.21. The number of halogens is 1. The predicted octanol–water partition coefficient (Wildman–Crippen LogP) is 3.61. The van der Waals surface area contributed by atoms with Crippen LogP contribution in [0.2, 0.25) is 5.02 Å². The molecule has 0 radical (unpaired) electrons. The lowest BCUT2D eigenvalue weighted by Crippen LogP contribution is -2.15. The minimum absolute atomic E-state index is 0.0149. The molecule has 0 aliphatic heterocycles. The highest BCUT2D eigenvalue weighted by Crippen LogP contribution is 2.31. The zero-order valence-electron chi connectivity index (χ0n) is 15.3. The highest BCUT2D eigenvalue weighted by Gasteiger charge is 2.14. The number of carbonyl (C=O) groups is 2. The molecule has 0 saturated carbocycles. The number of imidazole rings is 1. The summed E-state index contributed by atoms with van der Waals surface area (Å²) in [5, 5.41) is 4.56. The molecule has 2 aromatic heterocycles.